The van der Waals surface area contributed by atoms with Crippen molar-refractivity contribution in [3.05, 3.63) is 64.7 Å². The van der Waals surface area contributed by atoms with E-state index in [-0.39, 0.29) is 0 Å². The number of rotatable bonds is 5. The van der Waals surface area contributed by atoms with Gasteiger partial charge in [0.15, 0.2) is 0 Å². The van der Waals surface area contributed by atoms with Crippen molar-refractivity contribution in [2.45, 2.75) is 40.2 Å². The lowest BCUT2D eigenvalue weighted by Gasteiger charge is -2.11. The van der Waals surface area contributed by atoms with E-state index in [4.69, 9.17) is 0 Å². The fraction of sp³-hybridized carbons (Fsp3) is 0.333. The fourth-order valence-corrected chi connectivity index (χ4v) is 2.28. The van der Waals surface area contributed by atoms with Gasteiger partial charge in [0, 0.05) is 12.2 Å². The van der Waals surface area contributed by atoms with Gasteiger partial charge >= 0.3 is 0 Å². The van der Waals surface area contributed by atoms with Crippen LogP contribution in [-0.4, -0.2) is 0 Å². The molecule has 0 fully saturated rings. The summed E-state index contributed by atoms with van der Waals surface area (Å²) in [6.45, 7) is 7.46. The Hall–Kier alpha value is -1.76. The Balaban J connectivity index is 2.00. The largest absolute Gasteiger partial charge is 0.381 e. The Morgan fingerprint density at radius 2 is 1.68 bits per heavy atom. The third kappa shape index (κ3) is 3.60. The Bertz CT molecular complexity index is 526. The van der Waals surface area contributed by atoms with E-state index in [1.807, 2.05) is 0 Å². The van der Waals surface area contributed by atoms with Gasteiger partial charge in [0.1, 0.15) is 0 Å². The average molecular weight is 253 g/mol. The summed E-state index contributed by atoms with van der Waals surface area (Å²) >= 11 is 0. The van der Waals surface area contributed by atoms with Crippen LogP contribution in [-0.2, 0) is 13.0 Å². The maximum absolute atomic E-state index is 3.50. The van der Waals surface area contributed by atoms with E-state index in [1.54, 1.807) is 0 Å². The van der Waals surface area contributed by atoms with Crippen LogP contribution in [0.2, 0.25) is 0 Å². The van der Waals surface area contributed by atoms with Crippen LogP contribution in [0.4, 0.5) is 5.69 Å². The van der Waals surface area contributed by atoms with Gasteiger partial charge in [0.2, 0.25) is 0 Å². The normalized spacial score (nSPS) is 10.5. The molecule has 0 radical (unpaired) electrons. The van der Waals surface area contributed by atoms with Crippen molar-refractivity contribution in [2.75, 3.05) is 5.32 Å². The van der Waals surface area contributed by atoms with Crippen molar-refractivity contribution in [3.63, 3.8) is 0 Å². The molecule has 0 heterocycles. The zero-order valence-electron chi connectivity index (χ0n) is 12.2. The number of anilines is 1. The lowest BCUT2D eigenvalue weighted by Crippen LogP contribution is -2.02. The summed E-state index contributed by atoms with van der Waals surface area (Å²) in [7, 11) is 0. The van der Waals surface area contributed by atoms with E-state index in [0.717, 1.165) is 13.0 Å². The average Bonchev–Trinajstić information content (AvgIpc) is 2.42. The van der Waals surface area contributed by atoms with Crippen LogP contribution in [0.3, 0.4) is 0 Å². The third-order valence-corrected chi connectivity index (χ3v) is 3.69. The fourth-order valence-electron chi connectivity index (χ4n) is 2.28. The number of aryl methyl sites for hydroxylation is 2. The summed E-state index contributed by atoms with van der Waals surface area (Å²) in [6.07, 6.45) is 2.37. The first-order valence-corrected chi connectivity index (χ1v) is 7.08. The smallest absolute Gasteiger partial charge is 0.0403 e. The van der Waals surface area contributed by atoms with Crippen LogP contribution >= 0.6 is 0 Å². The van der Waals surface area contributed by atoms with E-state index in [0.29, 0.717) is 0 Å². The van der Waals surface area contributed by atoms with E-state index >= 15 is 0 Å². The number of hydrogen-bond donors (Lipinski definition) is 1. The maximum Gasteiger partial charge on any atom is 0.0403 e. The van der Waals surface area contributed by atoms with Gasteiger partial charge in [0.25, 0.3) is 0 Å². The highest BCUT2D eigenvalue weighted by molar-refractivity contribution is 5.46. The van der Waals surface area contributed by atoms with Crippen molar-refractivity contribution in [2.24, 2.45) is 0 Å². The van der Waals surface area contributed by atoms with Crippen molar-refractivity contribution in [3.8, 4) is 0 Å². The summed E-state index contributed by atoms with van der Waals surface area (Å²) in [5.41, 5.74) is 6.73. The lowest BCUT2D eigenvalue weighted by molar-refractivity contribution is 0.922. The molecule has 2 aromatic carbocycles. The minimum Gasteiger partial charge on any atom is -0.381 e. The van der Waals surface area contributed by atoms with Crippen molar-refractivity contribution >= 4 is 5.69 Å². The zero-order chi connectivity index (χ0) is 13.7. The molecule has 0 aliphatic carbocycles. The molecule has 0 amide bonds. The molecule has 0 aliphatic rings. The Morgan fingerprint density at radius 3 is 2.37 bits per heavy atom. The van der Waals surface area contributed by atoms with Gasteiger partial charge in [-0.3, -0.25) is 0 Å². The predicted octanol–water partition coefficient (Wildman–Crippen LogP) is 4.87. The first kappa shape index (κ1) is 13.7. The molecular formula is C18H23N. The summed E-state index contributed by atoms with van der Waals surface area (Å²) in [5, 5.41) is 3.50. The van der Waals surface area contributed by atoms with Gasteiger partial charge in [-0.1, -0.05) is 43.7 Å². The Kier molecular flexibility index (Phi) is 4.62. The molecule has 100 valence electrons. The second-order valence-corrected chi connectivity index (χ2v) is 5.16. The van der Waals surface area contributed by atoms with Gasteiger partial charge in [-0.05, 0) is 54.7 Å². The van der Waals surface area contributed by atoms with E-state index in [1.165, 1.54) is 34.4 Å². The topological polar surface area (TPSA) is 12.0 Å². The van der Waals surface area contributed by atoms with Gasteiger partial charge in [-0.25, -0.2) is 0 Å². The minimum atomic E-state index is 0.890. The highest BCUT2D eigenvalue weighted by Gasteiger charge is 2.00. The molecule has 1 heteroatoms. The molecule has 0 spiro atoms. The molecule has 1 nitrogen and oxygen atoms in total. The molecule has 0 saturated carbocycles. The molecule has 0 atom stereocenters. The highest BCUT2D eigenvalue weighted by atomic mass is 14.9. The third-order valence-electron chi connectivity index (χ3n) is 3.69. The second-order valence-electron chi connectivity index (χ2n) is 5.16. The molecule has 2 aromatic rings. The summed E-state index contributed by atoms with van der Waals surface area (Å²) in [5.74, 6) is 0. The highest BCUT2D eigenvalue weighted by Crippen LogP contribution is 2.16. The number of nitrogens with one attached hydrogen (secondary N) is 1. The van der Waals surface area contributed by atoms with Gasteiger partial charge in [-0.15, -0.1) is 0 Å². The number of hydrogen-bond acceptors (Lipinski definition) is 1. The molecule has 0 aliphatic heterocycles. The van der Waals surface area contributed by atoms with Crippen molar-refractivity contribution in [1.29, 1.82) is 0 Å². The van der Waals surface area contributed by atoms with Crippen LogP contribution in [0.1, 0.15) is 35.6 Å². The van der Waals surface area contributed by atoms with E-state index in [9.17, 15) is 0 Å². The van der Waals surface area contributed by atoms with Crippen molar-refractivity contribution in [1.82, 2.24) is 0 Å². The number of benzene rings is 2. The van der Waals surface area contributed by atoms with Crippen molar-refractivity contribution < 1.29 is 0 Å². The molecule has 1 N–H and O–H groups in total. The Morgan fingerprint density at radius 1 is 0.947 bits per heavy atom. The SMILES string of the molecule is CCCc1ccc(NCc2cccc(C)c2C)cc1. The van der Waals surface area contributed by atoms with Gasteiger partial charge < -0.3 is 5.32 Å². The quantitative estimate of drug-likeness (QED) is 0.801. The van der Waals surface area contributed by atoms with Crippen LogP contribution in [0.25, 0.3) is 0 Å². The molecule has 19 heavy (non-hydrogen) atoms. The Labute approximate surface area is 116 Å². The van der Waals surface area contributed by atoms with Crippen LogP contribution in [0.5, 0.6) is 0 Å². The summed E-state index contributed by atoms with van der Waals surface area (Å²) in [4.78, 5) is 0. The van der Waals surface area contributed by atoms with Crippen LogP contribution in [0.15, 0.2) is 42.5 Å². The summed E-state index contributed by atoms with van der Waals surface area (Å²) < 4.78 is 0. The molecular weight excluding hydrogens is 230 g/mol. The molecule has 2 rings (SSSR count). The molecule has 0 unspecified atom stereocenters. The lowest BCUT2D eigenvalue weighted by atomic mass is 10.0. The van der Waals surface area contributed by atoms with Crippen LogP contribution in [0, 0.1) is 13.8 Å². The standard InChI is InChI=1S/C18H23N/c1-4-6-16-9-11-18(12-10-16)19-13-17-8-5-7-14(2)15(17)3/h5,7-12,19H,4,6,13H2,1-3H3. The summed E-state index contributed by atoms with van der Waals surface area (Å²) in [6, 6.07) is 15.3. The van der Waals surface area contributed by atoms with E-state index in [2.05, 4.69) is 68.6 Å². The minimum absolute atomic E-state index is 0.890. The zero-order valence-corrected chi connectivity index (χ0v) is 12.2. The van der Waals surface area contributed by atoms with Gasteiger partial charge in [-0.2, -0.15) is 0 Å². The van der Waals surface area contributed by atoms with Gasteiger partial charge in [0.05, 0.1) is 0 Å². The predicted molar refractivity (Wildman–Crippen MR) is 83.7 cm³/mol. The molecule has 0 bridgehead atoms. The molecule has 0 saturated heterocycles. The molecule has 0 aromatic heterocycles. The first-order chi connectivity index (χ1) is 9.20. The maximum atomic E-state index is 3.50. The van der Waals surface area contributed by atoms with E-state index < -0.39 is 0 Å². The first-order valence-electron chi connectivity index (χ1n) is 7.08. The monoisotopic (exact) mass is 253 g/mol. The second kappa shape index (κ2) is 6.42. The van der Waals surface area contributed by atoms with Crippen LogP contribution < -0.4 is 5.32 Å².